The van der Waals surface area contributed by atoms with Gasteiger partial charge in [0.25, 0.3) is 0 Å². The molecule has 0 saturated carbocycles. The summed E-state index contributed by atoms with van der Waals surface area (Å²) in [5.41, 5.74) is 1.77. The van der Waals surface area contributed by atoms with Crippen molar-refractivity contribution in [1.29, 1.82) is 0 Å². The maximum Gasteiger partial charge on any atom is 0.335 e. The maximum atomic E-state index is 13.2. The summed E-state index contributed by atoms with van der Waals surface area (Å²) in [6.07, 6.45) is 1.34. The van der Waals surface area contributed by atoms with Crippen LogP contribution in [-0.2, 0) is 41.6 Å². The van der Waals surface area contributed by atoms with Crippen molar-refractivity contribution in [2.75, 3.05) is 27.4 Å². The van der Waals surface area contributed by atoms with Gasteiger partial charge in [-0.15, -0.1) is 0 Å². The molecule has 0 fully saturated rings. The number of hydrogen-bond acceptors (Lipinski definition) is 8. The van der Waals surface area contributed by atoms with Crippen LogP contribution in [0.5, 0.6) is 11.5 Å². The molecule has 0 spiro atoms. The van der Waals surface area contributed by atoms with Crippen LogP contribution in [0.25, 0.3) is 0 Å². The first-order valence-electron chi connectivity index (χ1n) is 15.1. The summed E-state index contributed by atoms with van der Waals surface area (Å²) in [6.45, 7) is 10.1. The van der Waals surface area contributed by atoms with Crippen molar-refractivity contribution in [2.24, 2.45) is 23.7 Å². The predicted octanol–water partition coefficient (Wildman–Crippen LogP) is 6.62. The molecule has 2 rings (SSSR count). The summed E-state index contributed by atoms with van der Waals surface area (Å²) < 4.78 is 27.6. The zero-order chi connectivity index (χ0) is 32.6. The van der Waals surface area contributed by atoms with Crippen LogP contribution < -0.4 is 9.47 Å². The van der Waals surface area contributed by atoms with Gasteiger partial charge in [-0.25, -0.2) is 4.79 Å². The molecule has 0 radical (unpaired) electrons. The molecule has 0 aliphatic heterocycles. The molecule has 2 atom stereocenters. The maximum absolute atomic E-state index is 13.2. The Hall–Kier alpha value is -3.85. The molecular weight excluding hydrogens is 564 g/mol. The Morgan fingerprint density at radius 1 is 0.841 bits per heavy atom. The van der Waals surface area contributed by atoms with Gasteiger partial charge in [-0.05, 0) is 53.9 Å². The SMILES string of the molecule is COCCCOc1cc(C[C@H](C/C(C(=O)O)=C(\C[C@H](C(=O)OCc2ccccc2)C(C)C)OC(C)=O)C(C)C)ccc1OC. The second kappa shape index (κ2) is 18.7. The first-order valence-corrected chi connectivity index (χ1v) is 15.1. The number of hydrogen-bond donors (Lipinski definition) is 1. The van der Waals surface area contributed by atoms with E-state index in [1.807, 2.05) is 76.2 Å². The molecule has 0 aliphatic rings. The molecule has 0 unspecified atom stereocenters. The number of allylic oxidation sites excluding steroid dienone is 1. The van der Waals surface area contributed by atoms with E-state index in [2.05, 4.69) is 0 Å². The number of carboxylic acids is 1. The van der Waals surface area contributed by atoms with Crippen LogP contribution in [0, 0.1) is 23.7 Å². The summed E-state index contributed by atoms with van der Waals surface area (Å²) in [7, 11) is 3.22. The number of carbonyl (C=O) groups excluding carboxylic acids is 2. The van der Waals surface area contributed by atoms with Gasteiger partial charge in [0, 0.05) is 33.5 Å². The van der Waals surface area contributed by atoms with Crippen molar-refractivity contribution in [3.05, 3.63) is 71.0 Å². The molecule has 0 bridgehead atoms. The summed E-state index contributed by atoms with van der Waals surface area (Å²) in [5.74, 6) is -2.05. The normalized spacial score (nSPS) is 13.2. The fourth-order valence-electron chi connectivity index (χ4n) is 4.80. The highest BCUT2D eigenvalue weighted by Crippen LogP contribution is 2.34. The number of esters is 2. The first kappa shape index (κ1) is 36.3. The van der Waals surface area contributed by atoms with Gasteiger partial charge in [0.1, 0.15) is 12.4 Å². The zero-order valence-corrected chi connectivity index (χ0v) is 27.1. The molecule has 44 heavy (non-hydrogen) atoms. The van der Waals surface area contributed by atoms with Gasteiger partial charge in [-0.1, -0.05) is 64.1 Å². The summed E-state index contributed by atoms with van der Waals surface area (Å²) in [4.78, 5) is 38.0. The van der Waals surface area contributed by atoms with E-state index < -0.39 is 23.8 Å². The Morgan fingerprint density at radius 2 is 1.55 bits per heavy atom. The van der Waals surface area contributed by atoms with Crippen molar-refractivity contribution in [2.45, 2.75) is 66.9 Å². The van der Waals surface area contributed by atoms with Crippen LogP contribution in [0.15, 0.2) is 59.9 Å². The molecule has 0 amide bonds. The Labute approximate surface area is 261 Å². The van der Waals surface area contributed by atoms with E-state index in [1.165, 1.54) is 6.92 Å². The molecule has 0 saturated heterocycles. The first-order chi connectivity index (χ1) is 21.0. The van der Waals surface area contributed by atoms with Gasteiger partial charge in [-0.2, -0.15) is 0 Å². The molecule has 0 aliphatic carbocycles. The van der Waals surface area contributed by atoms with E-state index in [0.717, 1.165) is 17.5 Å². The lowest BCUT2D eigenvalue weighted by Crippen LogP contribution is -2.26. The lowest BCUT2D eigenvalue weighted by Gasteiger charge is -2.25. The minimum Gasteiger partial charge on any atom is -0.493 e. The van der Waals surface area contributed by atoms with Crippen LogP contribution in [0.2, 0.25) is 0 Å². The van der Waals surface area contributed by atoms with Crippen molar-refractivity contribution in [1.82, 2.24) is 0 Å². The second-order valence-corrected chi connectivity index (χ2v) is 11.5. The quantitative estimate of drug-likeness (QED) is 0.0808. The lowest BCUT2D eigenvalue weighted by molar-refractivity contribution is -0.152. The van der Waals surface area contributed by atoms with Gasteiger partial charge in [0.15, 0.2) is 11.5 Å². The highest BCUT2D eigenvalue weighted by atomic mass is 16.5. The Bertz CT molecular complexity index is 1230. The summed E-state index contributed by atoms with van der Waals surface area (Å²) in [5, 5.41) is 10.3. The second-order valence-electron chi connectivity index (χ2n) is 11.5. The average Bonchev–Trinajstić information content (AvgIpc) is 2.98. The Balaban J connectivity index is 2.35. The average molecular weight is 613 g/mol. The molecule has 9 heteroatoms. The molecule has 0 heterocycles. The molecule has 242 valence electrons. The number of ether oxygens (including phenoxy) is 5. The topological polar surface area (TPSA) is 118 Å². The number of rotatable bonds is 19. The third kappa shape index (κ3) is 12.0. The fourth-order valence-corrected chi connectivity index (χ4v) is 4.80. The minimum absolute atomic E-state index is 0.0112. The third-order valence-electron chi connectivity index (χ3n) is 7.48. The fraction of sp³-hybridized carbons (Fsp3) is 0.514. The smallest absolute Gasteiger partial charge is 0.335 e. The van der Waals surface area contributed by atoms with Crippen molar-refractivity contribution in [3.63, 3.8) is 0 Å². The zero-order valence-electron chi connectivity index (χ0n) is 27.1. The van der Waals surface area contributed by atoms with E-state index in [-0.39, 0.29) is 48.5 Å². The third-order valence-corrected chi connectivity index (χ3v) is 7.48. The lowest BCUT2D eigenvalue weighted by atomic mass is 9.82. The van der Waals surface area contributed by atoms with E-state index in [9.17, 15) is 19.5 Å². The predicted molar refractivity (Wildman–Crippen MR) is 167 cm³/mol. The van der Waals surface area contributed by atoms with E-state index in [4.69, 9.17) is 23.7 Å². The van der Waals surface area contributed by atoms with Crippen LogP contribution in [-0.4, -0.2) is 50.4 Å². The highest BCUT2D eigenvalue weighted by molar-refractivity contribution is 5.88. The van der Waals surface area contributed by atoms with Gasteiger partial charge in [0.2, 0.25) is 0 Å². The van der Waals surface area contributed by atoms with Gasteiger partial charge >= 0.3 is 17.9 Å². The van der Waals surface area contributed by atoms with E-state index in [0.29, 0.717) is 31.1 Å². The largest absolute Gasteiger partial charge is 0.493 e. The number of carbonyl (C=O) groups is 3. The Morgan fingerprint density at radius 3 is 2.11 bits per heavy atom. The molecule has 1 N–H and O–H groups in total. The van der Waals surface area contributed by atoms with Gasteiger partial charge in [0.05, 0.1) is 25.2 Å². The molecular formula is C35H48O9. The van der Waals surface area contributed by atoms with Gasteiger partial charge < -0.3 is 28.8 Å². The summed E-state index contributed by atoms with van der Waals surface area (Å²) >= 11 is 0. The number of carboxylic acid groups (broad SMARTS) is 1. The van der Waals surface area contributed by atoms with Gasteiger partial charge in [-0.3, -0.25) is 9.59 Å². The standard InChI is InChI=1S/C35H48O9/c1-23(2)28(18-27-14-15-31(41-7)33(19-27)42-17-11-16-40-6)20-30(34(37)38)32(44-25(5)36)21-29(24(3)4)35(39)43-22-26-12-9-8-10-13-26/h8-10,12-15,19,23-24,28-29H,11,16-18,20-22H2,1-7H3,(H,37,38)/b32-30-/t28-,29+/m1/s1. The highest BCUT2D eigenvalue weighted by Gasteiger charge is 2.31. The molecule has 9 nitrogen and oxygen atoms in total. The van der Waals surface area contributed by atoms with Crippen LogP contribution in [0.1, 0.15) is 65.0 Å². The monoisotopic (exact) mass is 612 g/mol. The number of benzene rings is 2. The van der Waals surface area contributed by atoms with E-state index in [1.54, 1.807) is 14.2 Å². The summed E-state index contributed by atoms with van der Waals surface area (Å²) in [6, 6.07) is 15.0. The number of aliphatic carboxylic acids is 1. The van der Waals surface area contributed by atoms with Crippen molar-refractivity contribution >= 4 is 17.9 Å². The molecule has 2 aromatic carbocycles. The molecule has 0 aromatic heterocycles. The van der Waals surface area contributed by atoms with Crippen molar-refractivity contribution < 1.29 is 43.2 Å². The van der Waals surface area contributed by atoms with E-state index >= 15 is 0 Å². The van der Waals surface area contributed by atoms with Crippen LogP contribution in [0.4, 0.5) is 0 Å². The van der Waals surface area contributed by atoms with Crippen LogP contribution >= 0.6 is 0 Å². The Kier molecular flexibility index (Phi) is 15.5. The molecule has 2 aromatic rings. The number of methoxy groups -OCH3 is 2. The minimum atomic E-state index is -1.19. The van der Waals surface area contributed by atoms with Crippen molar-refractivity contribution in [3.8, 4) is 11.5 Å². The van der Waals surface area contributed by atoms with Crippen LogP contribution in [0.3, 0.4) is 0 Å².